The highest BCUT2D eigenvalue weighted by Gasteiger charge is 2.43. The number of ether oxygens (including phenoxy) is 1. The first-order chi connectivity index (χ1) is 12.4. The minimum absolute atomic E-state index is 0.186. The number of carbonyl (C=O) groups is 1. The summed E-state index contributed by atoms with van der Waals surface area (Å²) in [6, 6.07) is 8.61. The summed E-state index contributed by atoms with van der Waals surface area (Å²) >= 11 is 0. The SMILES string of the molecule is CCn1nc(C)cc1C(=O)N[C@H]1[C@H](O)[C@H](O)C[C@@H]1c1ccc(OC)cc1. The lowest BCUT2D eigenvalue weighted by Gasteiger charge is -2.24. The van der Waals surface area contributed by atoms with Gasteiger partial charge in [-0.3, -0.25) is 9.48 Å². The number of aliphatic hydroxyl groups excluding tert-OH is 2. The van der Waals surface area contributed by atoms with Crippen LogP contribution in [0, 0.1) is 6.92 Å². The second-order valence-electron chi connectivity index (χ2n) is 6.66. The van der Waals surface area contributed by atoms with Crippen LogP contribution in [0.4, 0.5) is 0 Å². The Balaban J connectivity index is 1.83. The molecular weight excluding hydrogens is 334 g/mol. The molecule has 1 aromatic carbocycles. The predicted molar refractivity (Wildman–Crippen MR) is 96.3 cm³/mol. The minimum atomic E-state index is -1.02. The summed E-state index contributed by atoms with van der Waals surface area (Å²) in [4.78, 5) is 12.7. The third kappa shape index (κ3) is 3.45. The Hall–Kier alpha value is -2.38. The Morgan fingerprint density at radius 3 is 2.65 bits per heavy atom. The van der Waals surface area contributed by atoms with E-state index >= 15 is 0 Å². The standard InChI is InChI=1S/C19H25N3O4/c1-4-22-15(9-11(2)21-22)19(25)20-17-14(10-16(23)18(17)24)12-5-7-13(26-3)8-6-12/h5-9,14,16-18,23-24H,4,10H2,1-3H3,(H,20,25)/t14-,16-,17-,18-/m1/s1. The van der Waals surface area contributed by atoms with Crippen LogP contribution in [-0.2, 0) is 6.54 Å². The average Bonchev–Trinajstić information content (AvgIpc) is 3.16. The van der Waals surface area contributed by atoms with E-state index < -0.39 is 18.2 Å². The van der Waals surface area contributed by atoms with Crippen molar-refractivity contribution in [2.24, 2.45) is 0 Å². The fourth-order valence-electron chi connectivity index (χ4n) is 3.60. The molecule has 2 aromatic rings. The molecule has 26 heavy (non-hydrogen) atoms. The zero-order chi connectivity index (χ0) is 18.8. The van der Waals surface area contributed by atoms with Crippen LogP contribution in [0.5, 0.6) is 5.75 Å². The van der Waals surface area contributed by atoms with Crippen molar-refractivity contribution in [3.63, 3.8) is 0 Å². The molecule has 1 aliphatic carbocycles. The van der Waals surface area contributed by atoms with Crippen LogP contribution >= 0.6 is 0 Å². The molecule has 140 valence electrons. The highest BCUT2D eigenvalue weighted by atomic mass is 16.5. The topological polar surface area (TPSA) is 96.6 Å². The quantitative estimate of drug-likeness (QED) is 0.746. The number of nitrogens with zero attached hydrogens (tertiary/aromatic N) is 2. The fraction of sp³-hybridized carbons (Fsp3) is 0.474. The van der Waals surface area contributed by atoms with E-state index in [1.54, 1.807) is 17.9 Å². The Morgan fingerprint density at radius 1 is 1.35 bits per heavy atom. The Labute approximate surface area is 152 Å². The van der Waals surface area contributed by atoms with Crippen LogP contribution in [0.1, 0.15) is 41.0 Å². The maximum atomic E-state index is 12.7. The van der Waals surface area contributed by atoms with Gasteiger partial charge in [-0.25, -0.2) is 0 Å². The van der Waals surface area contributed by atoms with Crippen molar-refractivity contribution in [1.82, 2.24) is 15.1 Å². The molecule has 0 bridgehead atoms. The summed E-state index contributed by atoms with van der Waals surface area (Å²) in [6.07, 6.45) is -1.53. The Morgan fingerprint density at radius 2 is 2.04 bits per heavy atom. The number of nitrogens with one attached hydrogen (secondary N) is 1. The zero-order valence-electron chi connectivity index (χ0n) is 15.2. The van der Waals surface area contributed by atoms with Gasteiger partial charge in [0, 0.05) is 12.5 Å². The van der Waals surface area contributed by atoms with Gasteiger partial charge in [0.05, 0.1) is 24.9 Å². The van der Waals surface area contributed by atoms with Crippen LogP contribution in [0.3, 0.4) is 0 Å². The van der Waals surface area contributed by atoms with Crippen molar-refractivity contribution in [2.75, 3.05) is 7.11 Å². The van der Waals surface area contributed by atoms with E-state index in [-0.39, 0.29) is 11.8 Å². The first-order valence-corrected chi connectivity index (χ1v) is 8.80. The lowest BCUT2D eigenvalue weighted by atomic mass is 9.93. The zero-order valence-corrected chi connectivity index (χ0v) is 15.2. The van der Waals surface area contributed by atoms with E-state index in [0.717, 1.165) is 17.0 Å². The lowest BCUT2D eigenvalue weighted by molar-refractivity contribution is 0.0293. The molecule has 1 aliphatic rings. The molecule has 1 amide bonds. The Bertz CT molecular complexity index is 772. The minimum Gasteiger partial charge on any atom is -0.497 e. The molecule has 0 aliphatic heterocycles. The maximum Gasteiger partial charge on any atom is 0.269 e. The van der Waals surface area contributed by atoms with Crippen molar-refractivity contribution in [2.45, 2.75) is 51.0 Å². The third-order valence-corrected chi connectivity index (χ3v) is 4.97. The van der Waals surface area contributed by atoms with Gasteiger partial charge < -0.3 is 20.3 Å². The molecule has 1 aromatic heterocycles. The number of amides is 1. The molecule has 4 atom stereocenters. The van der Waals surface area contributed by atoms with Gasteiger partial charge in [-0.2, -0.15) is 5.10 Å². The Kier molecular flexibility index (Phi) is 5.29. The summed E-state index contributed by atoms with van der Waals surface area (Å²) in [5.41, 5.74) is 2.15. The van der Waals surface area contributed by atoms with Gasteiger partial charge in [0.1, 0.15) is 17.5 Å². The van der Waals surface area contributed by atoms with Crippen LogP contribution in [-0.4, -0.2) is 51.3 Å². The van der Waals surface area contributed by atoms with Crippen molar-refractivity contribution in [3.8, 4) is 5.75 Å². The number of aromatic nitrogens is 2. The number of aryl methyl sites for hydroxylation is 2. The van der Waals surface area contributed by atoms with Gasteiger partial charge in [-0.05, 0) is 44.0 Å². The van der Waals surface area contributed by atoms with E-state index in [1.807, 2.05) is 38.1 Å². The average molecular weight is 359 g/mol. The monoisotopic (exact) mass is 359 g/mol. The van der Waals surface area contributed by atoms with Crippen molar-refractivity contribution in [3.05, 3.63) is 47.3 Å². The first-order valence-electron chi connectivity index (χ1n) is 8.80. The van der Waals surface area contributed by atoms with Gasteiger partial charge >= 0.3 is 0 Å². The summed E-state index contributed by atoms with van der Waals surface area (Å²) < 4.78 is 6.80. The predicted octanol–water partition coefficient (Wildman–Crippen LogP) is 1.23. The number of hydrogen-bond donors (Lipinski definition) is 3. The molecule has 0 spiro atoms. The van der Waals surface area contributed by atoms with Gasteiger partial charge in [0.2, 0.25) is 0 Å². The van der Waals surface area contributed by atoms with E-state index in [9.17, 15) is 15.0 Å². The molecular formula is C19H25N3O4. The summed E-state index contributed by atoms with van der Waals surface area (Å²) in [6.45, 7) is 4.32. The number of hydrogen-bond acceptors (Lipinski definition) is 5. The second kappa shape index (κ2) is 7.47. The van der Waals surface area contributed by atoms with Crippen molar-refractivity contribution < 1.29 is 19.7 Å². The largest absolute Gasteiger partial charge is 0.497 e. The van der Waals surface area contributed by atoms with E-state index in [2.05, 4.69) is 10.4 Å². The highest BCUT2D eigenvalue weighted by Crippen LogP contribution is 2.36. The molecule has 3 N–H and O–H groups in total. The van der Waals surface area contributed by atoms with Crippen LogP contribution in [0.25, 0.3) is 0 Å². The van der Waals surface area contributed by atoms with Crippen LogP contribution in [0.2, 0.25) is 0 Å². The van der Waals surface area contributed by atoms with Gasteiger partial charge in [0.25, 0.3) is 5.91 Å². The van der Waals surface area contributed by atoms with E-state index in [1.165, 1.54) is 0 Å². The highest BCUT2D eigenvalue weighted by molar-refractivity contribution is 5.93. The summed E-state index contributed by atoms with van der Waals surface area (Å²) in [7, 11) is 1.60. The number of carbonyl (C=O) groups excluding carboxylic acids is 1. The maximum absolute atomic E-state index is 12.7. The van der Waals surface area contributed by atoms with Crippen molar-refractivity contribution in [1.29, 1.82) is 0 Å². The van der Waals surface area contributed by atoms with Gasteiger partial charge in [-0.1, -0.05) is 12.1 Å². The lowest BCUT2D eigenvalue weighted by Crippen LogP contribution is -2.45. The molecule has 0 unspecified atom stereocenters. The molecule has 0 saturated heterocycles. The summed E-state index contributed by atoms with van der Waals surface area (Å²) in [5, 5.41) is 27.7. The molecule has 7 heteroatoms. The summed E-state index contributed by atoms with van der Waals surface area (Å²) in [5.74, 6) is 0.244. The number of methoxy groups -OCH3 is 1. The molecule has 1 fully saturated rings. The van der Waals surface area contributed by atoms with Crippen molar-refractivity contribution >= 4 is 5.91 Å². The molecule has 1 heterocycles. The number of rotatable bonds is 5. The van der Waals surface area contributed by atoms with E-state index in [0.29, 0.717) is 18.7 Å². The first kappa shape index (κ1) is 18.4. The molecule has 1 saturated carbocycles. The third-order valence-electron chi connectivity index (χ3n) is 4.97. The number of benzene rings is 1. The van der Waals surface area contributed by atoms with Gasteiger partial charge in [-0.15, -0.1) is 0 Å². The fourth-order valence-corrected chi connectivity index (χ4v) is 3.60. The van der Waals surface area contributed by atoms with Gasteiger partial charge in [0.15, 0.2) is 0 Å². The second-order valence-corrected chi connectivity index (χ2v) is 6.66. The molecule has 7 nitrogen and oxygen atoms in total. The normalized spacial score (nSPS) is 25.3. The smallest absolute Gasteiger partial charge is 0.269 e. The van der Waals surface area contributed by atoms with E-state index in [4.69, 9.17) is 4.74 Å². The molecule has 0 radical (unpaired) electrons. The van der Waals surface area contributed by atoms with Crippen LogP contribution in [0.15, 0.2) is 30.3 Å². The molecule has 3 rings (SSSR count). The van der Waals surface area contributed by atoms with Crippen LogP contribution < -0.4 is 10.1 Å². The number of aliphatic hydroxyl groups is 2.